The molecule has 0 aromatic heterocycles. The van der Waals surface area contributed by atoms with Crippen molar-refractivity contribution >= 4 is 11.8 Å². The molecule has 0 bridgehead atoms. The number of aliphatic hydroxyl groups is 1. The van der Waals surface area contributed by atoms with Crippen LogP contribution in [-0.2, 0) is 14.3 Å². The number of carbonyl (C=O) groups is 2. The van der Waals surface area contributed by atoms with E-state index < -0.39 is 0 Å². The number of carbonyl (C=O) groups excluding carboxylic acids is 2. The van der Waals surface area contributed by atoms with Gasteiger partial charge in [-0.15, -0.1) is 0 Å². The minimum atomic E-state index is -0.350. The van der Waals surface area contributed by atoms with E-state index in [1.54, 1.807) is 0 Å². The van der Waals surface area contributed by atoms with Crippen molar-refractivity contribution < 1.29 is 19.4 Å². The van der Waals surface area contributed by atoms with Crippen LogP contribution in [0.2, 0.25) is 0 Å². The van der Waals surface area contributed by atoms with E-state index in [9.17, 15) is 14.7 Å². The Morgan fingerprint density at radius 1 is 1.23 bits per heavy atom. The Hall–Kier alpha value is -1.16. The third kappa shape index (κ3) is 3.20. The Morgan fingerprint density at radius 3 is 2.63 bits per heavy atom. The summed E-state index contributed by atoms with van der Waals surface area (Å²) < 4.78 is 5.37. The molecule has 168 valence electrons. The standard InChI is InChI=1S/C26H40O4/c1-6-18-22-13-17(28)9-11-26(22,5)21-10-12-25(4)19(15(2)14-30-16(3)27)7-8-20(25)23(21)24(18)29/h13,15,18-21,23-24,29H,6-12,14H2,1-5H3/t15-,18+,19-,20?,21?,23?,24-,25-,26-/m1/s1. The molecule has 0 spiro atoms. The minimum absolute atomic E-state index is 0.0568. The number of rotatable bonds is 4. The van der Waals surface area contributed by atoms with Crippen molar-refractivity contribution in [3.8, 4) is 0 Å². The molecule has 3 saturated carbocycles. The molecule has 4 aliphatic carbocycles. The van der Waals surface area contributed by atoms with Gasteiger partial charge in [0.05, 0.1) is 12.7 Å². The van der Waals surface area contributed by atoms with Gasteiger partial charge in [0, 0.05) is 19.3 Å². The molecule has 0 saturated heterocycles. The van der Waals surface area contributed by atoms with Crippen LogP contribution in [0, 0.1) is 46.3 Å². The third-order valence-electron chi connectivity index (χ3n) is 9.97. The lowest BCUT2D eigenvalue weighted by Gasteiger charge is -2.61. The maximum Gasteiger partial charge on any atom is 0.302 e. The van der Waals surface area contributed by atoms with Gasteiger partial charge in [-0.3, -0.25) is 9.59 Å². The van der Waals surface area contributed by atoms with Crippen LogP contribution in [0.25, 0.3) is 0 Å². The molecule has 0 heterocycles. The molecule has 0 aromatic carbocycles. The van der Waals surface area contributed by atoms with Gasteiger partial charge in [0.15, 0.2) is 5.78 Å². The summed E-state index contributed by atoms with van der Waals surface area (Å²) in [6.07, 6.45) is 8.67. The Morgan fingerprint density at radius 2 is 1.97 bits per heavy atom. The fraction of sp³-hybridized carbons (Fsp3) is 0.846. The Bertz CT molecular complexity index is 741. The highest BCUT2D eigenvalue weighted by molar-refractivity contribution is 5.91. The second-order valence-corrected chi connectivity index (χ2v) is 11.3. The second kappa shape index (κ2) is 7.76. The average molecular weight is 417 g/mol. The monoisotopic (exact) mass is 416 g/mol. The molecular formula is C26H40O4. The van der Waals surface area contributed by atoms with Crippen molar-refractivity contribution in [2.24, 2.45) is 46.3 Å². The molecule has 1 N–H and O–H groups in total. The van der Waals surface area contributed by atoms with E-state index in [1.165, 1.54) is 18.9 Å². The summed E-state index contributed by atoms with van der Waals surface area (Å²) in [6, 6.07) is 0. The zero-order chi connectivity index (χ0) is 21.8. The first-order valence-corrected chi connectivity index (χ1v) is 12.2. The lowest BCUT2D eigenvalue weighted by Crippen LogP contribution is -2.58. The SMILES string of the molecule is CC[C@H]1C2=CC(=O)CC[C@]2(C)C2CC[C@@]3(C)C(CC[C@@H]3[C@H](C)COC(C)=O)C2[C@@H]1O. The Labute approximate surface area is 181 Å². The first kappa shape index (κ1) is 22.0. The lowest BCUT2D eigenvalue weighted by atomic mass is 9.43. The highest BCUT2D eigenvalue weighted by Crippen LogP contribution is 2.68. The minimum Gasteiger partial charge on any atom is -0.466 e. The van der Waals surface area contributed by atoms with Crippen LogP contribution in [0.5, 0.6) is 0 Å². The van der Waals surface area contributed by atoms with Gasteiger partial charge >= 0.3 is 5.97 Å². The fourth-order valence-corrected chi connectivity index (χ4v) is 8.54. The summed E-state index contributed by atoms with van der Waals surface area (Å²) in [5.74, 6) is 2.34. The Balaban J connectivity index is 1.65. The second-order valence-electron chi connectivity index (χ2n) is 11.3. The summed E-state index contributed by atoms with van der Waals surface area (Å²) in [5.41, 5.74) is 1.50. The van der Waals surface area contributed by atoms with Crippen molar-refractivity contribution in [1.29, 1.82) is 0 Å². The number of aliphatic hydroxyl groups excluding tert-OH is 1. The highest BCUT2D eigenvalue weighted by atomic mass is 16.5. The number of hydrogen-bond acceptors (Lipinski definition) is 4. The van der Waals surface area contributed by atoms with Crippen LogP contribution in [0.1, 0.15) is 79.6 Å². The maximum atomic E-state index is 12.3. The molecular weight excluding hydrogens is 376 g/mol. The van der Waals surface area contributed by atoms with Gasteiger partial charge in [-0.25, -0.2) is 0 Å². The largest absolute Gasteiger partial charge is 0.466 e. The van der Waals surface area contributed by atoms with Gasteiger partial charge in [-0.1, -0.05) is 33.3 Å². The summed E-state index contributed by atoms with van der Waals surface area (Å²) in [4.78, 5) is 23.6. The summed E-state index contributed by atoms with van der Waals surface area (Å²) in [6.45, 7) is 11.2. The lowest BCUT2D eigenvalue weighted by molar-refractivity contribution is -0.146. The van der Waals surface area contributed by atoms with Crippen molar-refractivity contribution in [3.63, 3.8) is 0 Å². The van der Waals surface area contributed by atoms with Gasteiger partial charge in [0.1, 0.15) is 0 Å². The van der Waals surface area contributed by atoms with Crippen molar-refractivity contribution in [2.45, 2.75) is 85.7 Å². The maximum absolute atomic E-state index is 12.3. The van der Waals surface area contributed by atoms with E-state index >= 15 is 0 Å². The first-order chi connectivity index (χ1) is 14.1. The smallest absolute Gasteiger partial charge is 0.302 e. The molecule has 0 amide bonds. The first-order valence-electron chi connectivity index (χ1n) is 12.2. The molecule has 3 unspecified atom stereocenters. The molecule has 9 atom stereocenters. The van der Waals surface area contributed by atoms with Crippen LogP contribution in [0.4, 0.5) is 0 Å². The third-order valence-corrected chi connectivity index (χ3v) is 9.97. The van der Waals surface area contributed by atoms with Crippen molar-refractivity contribution in [2.75, 3.05) is 6.61 Å². The normalized spacial score (nSPS) is 46.3. The molecule has 4 aliphatic rings. The summed E-state index contributed by atoms with van der Waals surface area (Å²) in [5, 5.41) is 11.6. The van der Waals surface area contributed by atoms with E-state index in [1.807, 2.05) is 6.08 Å². The van der Waals surface area contributed by atoms with Crippen molar-refractivity contribution in [1.82, 2.24) is 0 Å². The zero-order valence-electron chi connectivity index (χ0n) is 19.4. The van der Waals surface area contributed by atoms with Gasteiger partial charge in [0.25, 0.3) is 0 Å². The van der Waals surface area contributed by atoms with Gasteiger partial charge < -0.3 is 9.84 Å². The number of hydrogen-bond donors (Lipinski definition) is 1. The van der Waals surface area contributed by atoms with Crippen molar-refractivity contribution in [3.05, 3.63) is 11.6 Å². The van der Waals surface area contributed by atoms with Crippen LogP contribution in [0.3, 0.4) is 0 Å². The number of ether oxygens (including phenoxy) is 1. The molecule has 4 heteroatoms. The highest BCUT2D eigenvalue weighted by Gasteiger charge is 2.63. The van der Waals surface area contributed by atoms with Gasteiger partial charge in [-0.2, -0.15) is 0 Å². The summed E-state index contributed by atoms with van der Waals surface area (Å²) >= 11 is 0. The number of ketones is 1. The van der Waals surface area contributed by atoms with E-state index in [4.69, 9.17) is 4.74 Å². The van der Waals surface area contributed by atoms with E-state index in [2.05, 4.69) is 27.7 Å². The summed E-state index contributed by atoms with van der Waals surface area (Å²) in [7, 11) is 0. The molecule has 3 fully saturated rings. The Kier molecular flexibility index (Phi) is 5.70. The van der Waals surface area contributed by atoms with Gasteiger partial charge in [0.2, 0.25) is 0 Å². The molecule has 4 nitrogen and oxygen atoms in total. The fourth-order valence-electron chi connectivity index (χ4n) is 8.54. The van der Waals surface area contributed by atoms with Crippen LogP contribution in [-0.4, -0.2) is 29.6 Å². The van der Waals surface area contributed by atoms with Crippen LogP contribution < -0.4 is 0 Å². The molecule has 4 rings (SSSR count). The predicted octanol–water partition coefficient (Wildman–Crippen LogP) is 4.94. The van der Waals surface area contributed by atoms with Gasteiger partial charge in [-0.05, 0) is 85.0 Å². The van der Waals surface area contributed by atoms with Crippen LogP contribution >= 0.6 is 0 Å². The quantitative estimate of drug-likeness (QED) is 0.659. The van der Waals surface area contributed by atoms with E-state index in [-0.39, 0.29) is 34.6 Å². The van der Waals surface area contributed by atoms with Crippen LogP contribution in [0.15, 0.2) is 11.6 Å². The predicted molar refractivity (Wildman–Crippen MR) is 117 cm³/mol. The average Bonchev–Trinajstić information content (AvgIpc) is 3.05. The van der Waals surface area contributed by atoms with E-state index in [0.717, 1.165) is 32.1 Å². The topological polar surface area (TPSA) is 63.6 Å². The molecule has 30 heavy (non-hydrogen) atoms. The van der Waals surface area contributed by atoms with E-state index in [0.29, 0.717) is 42.6 Å². The number of fused-ring (bicyclic) bond motifs is 5. The zero-order valence-corrected chi connectivity index (χ0v) is 19.4. The molecule has 0 radical (unpaired) electrons. The number of esters is 1. The molecule has 0 aliphatic heterocycles. The molecule has 0 aromatic rings.